The Labute approximate surface area is 246 Å². The van der Waals surface area contributed by atoms with E-state index in [2.05, 4.69) is 45.3 Å². The number of amides is 3. The Morgan fingerprint density at radius 3 is 2.39 bits per heavy atom. The number of allylic oxidation sites excluding steroid dienone is 2. The number of rotatable bonds is 6. The van der Waals surface area contributed by atoms with E-state index in [0.29, 0.717) is 38.9 Å². The first-order chi connectivity index (χ1) is 19.3. The van der Waals surface area contributed by atoms with Crippen molar-refractivity contribution >= 4 is 26.2 Å². The second-order valence-electron chi connectivity index (χ2n) is 12.8. The first-order valence-corrected chi connectivity index (χ1v) is 17.8. The standard InChI is InChI=1S/C31H49N3O6Si/c1-31(2,3)41(5,6)40-25-20-27-28(35)32-26(29(36)37)14-12-10-8-7-9-11-13-19-33(30(38)34(27)22-25)21-23-15-17-24(39-4)18-16-23/h8,10,15-18,25-27H,7,9,11-14,19-22H2,1-6H3,(H,32,35)(H,36,37). The molecule has 228 valence electrons. The van der Waals surface area contributed by atoms with Gasteiger partial charge in [0.2, 0.25) is 5.91 Å². The molecule has 2 heterocycles. The zero-order chi connectivity index (χ0) is 30.2. The van der Waals surface area contributed by atoms with Gasteiger partial charge in [0.25, 0.3) is 0 Å². The van der Waals surface area contributed by atoms with Crippen molar-refractivity contribution in [1.29, 1.82) is 0 Å². The minimum atomic E-state index is -2.18. The lowest BCUT2D eigenvalue weighted by Crippen LogP contribution is -2.53. The van der Waals surface area contributed by atoms with Gasteiger partial charge in [-0.25, -0.2) is 9.59 Å². The van der Waals surface area contributed by atoms with Crippen LogP contribution in [0.1, 0.15) is 71.3 Å². The van der Waals surface area contributed by atoms with Crippen LogP contribution >= 0.6 is 0 Å². The SMILES string of the molecule is COc1ccc(CN2CCCCCC=CCCC(C(=O)O)NC(=O)C3CC(O[Si](C)(C)C(C)(C)C)CN3C2=O)cc1. The van der Waals surface area contributed by atoms with Gasteiger partial charge in [-0.3, -0.25) is 4.79 Å². The Bertz CT molecular complexity index is 1070. The van der Waals surface area contributed by atoms with Crippen molar-refractivity contribution in [1.82, 2.24) is 15.1 Å². The van der Waals surface area contributed by atoms with Gasteiger partial charge >= 0.3 is 12.0 Å². The van der Waals surface area contributed by atoms with E-state index in [4.69, 9.17) is 9.16 Å². The number of ether oxygens (including phenoxy) is 1. The van der Waals surface area contributed by atoms with E-state index in [0.717, 1.165) is 37.0 Å². The number of carbonyl (C=O) groups excluding carboxylic acids is 2. The van der Waals surface area contributed by atoms with Crippen LogP contribution in [0.15, 0.2) is 36.4 Å². The number of hydrogen-bond donors (Lipinski definition) is 2. The maximum Gasteiger partial charge on any atom is 0.326 e. The fourth-order valence-electron chi connectivity index (χ4n) is 5.08. The summed E-state index contributed by atoms with van der Waals surface area (Å²) in [7, 11) is -0.559. The van der Waals surface area contributed by atoms with E-state index in [1.807, 2.05) is 35.2 Å². The molecule has 0 radical (unpaired) electrons. The number of carbonyl (C=O) groups is 3. The fraction of sp³-hybridized carbons (Fsp3) is 0.645. The molecule has 9 nitrogen and oxygen atoms in total. The van der Waals surface area contributed by atoms with Crippen molar-refractivity contribution in [3.8, 4) is 5.75 Å². The summed E-state index contributed by atoms with van der Waals surface area (Å²) in [5, 5.41) is 12.5. The first kappa shape index (κ1) is 32.7. The lowest BCUT2D eigenvalue weighted by Gasteiger charge is -2.38. The summed E-state index contributed by atoms with van der Waals surface area (Å²) in [6.45, 7) is 12.1. The van der Waals surface area contributed by atoms with Gasteiger partial charge in [-0.2, -0.15) is 0 Å². The summed E-state index contributed by atoms with van der Waals surface area (Å²) in [5.41, 5.74) is 0.969. The molecule has 3 amide bonds. The van der Waals surface area contributed by atoms with Crippen LogP contribution in [0.2, 0.25) is 18.1 Å². The van der Waals surface area contributed by atoms with Crippen molar-refractivity contribution < 1.29 is 28.7 Å². The highest BCUT2D eigenvalue weighted by molar-refractivity contribution is 6.74. The van der Waals surface area contributed by atoms with E-state index < -0.39 is 32.3 Å². The van der Waals surface area contributed by atoms with E-state index >= 15 is 0 Å². The number of benzene rings is 1. The largest absolute Gasteiger partial charge is 0.497 e. The highest BCUT2D eigenvalue weighted by atomic mass is 28.4. The Hall–Kier alpha value is -2.85. The fourth-order valence-corrected chi connectivity index (χ4v) is 6.43. The molecular formula is C31H49N3O6Si. The molecule has 0 aromatic heterocycles. The topological polar surface area (TPSA) is 108 Å². The molecule has 2 aliphatic heterocycles. The predicted molar refractivity (Wildman–Crippen MR) is 162 cm³/mol. The van der Waals surface area contributed by atoms with Gasteiger partial charge in [-0.1, -0.05) is 51.5 Å². The van der Waals surface area contributed by atoms with Crippen LogP contribution in [-0.4, -0.2) is 79.5 Å². The normalized spacial score (nSPS) is 23.7. The number of fused-ring (bicyclic) bond motifs is 1. The number of methoxy groups -OCH3 is 1. The quantitative estimate of drug-likeness (QED) is 0.333. The first-order valence-electron chi connectivity index (χ1n) is 14.9. The summed E-state index contributed by atoms with van der Waals surface area (Å²) in [4.78, 5) is 43.3. The number of urea groups is 1. The lowest BCUT2D eigenvalue weighted by atomic mass is 10.1. The average Bonchev–Trinajstić information content (AvgIpc) is 3.32. The zero-order valence-electron chi connectivity index (χ0n) is 25.7. The molecule has 0 saturated carbocycles. The number of carboxylic acid groups (broad SMARTS) is 1. The van der Waals surface area contributed by atoms with Gasteiger partial charge in [0.05, 0.1) is 13.2 Å². The summed E-state index contributed by atoms with van der Waals surface area (Å²) < 4.78 is 12.0. The van der Waals surface area contributed by atoms with Crippen LogP contribution in [0.5, 0.6) is 5.75 Å². The number of carboxylic acids is 1. The van der Waals surface area contributed by atoms with Crippen molar-refractivity contribution in [2.45, 2.75) is 109 Å². The Balaban J connectivity index is 1.92. The van der Waals surface area contributed by atoms with Crippen LogP contribution in [0.3, 0.4) is 0 Å². The van der Waals surface area contributed by atoms with Crippen LogP contribution in [0, 0.1) is 0 Å². The van der Waals surface area contributed by atoms with E-state index in [1.54, 1.807) is 12.0 Å². The molecule has 1 aromatic carbocycles. The van der Waals surface area contributed by atoms with Gasteiger partial charge in [0.15, 0.2) is 8.32 Å². The van der Waals surface area contributed by atoms with Crippen LogP contribution in [-0.2, 0) is 20.6 Å². The van der Waals surface area contributed by atoms with Gasteiger partial charge in [0.1, 0.15) is 17.8 Å². The maximum atomic E-state index is 14.2. The van der Waals surface area contributed by atoms with Crippen LogP contribution in [0.25, 0.3) is 0 Å². The summed E-state index contributed by atoms with van der Waals surface area (Å²) in [5.74, 6) is -0.762. The van der Waals surface area contributed by atoms with Crippen molar-refractivity contribution in [2.24, 2.45) is 0 Å². The van der Waals surface area contributed by atoms with E-state index in [1.165, 1.54) is 0 Å². The Morgan fingerprint density at radius 2 is 1.76 bits per heavy atom. The predicted octanol–water partition coefficient (Wildman–Crippen LogP) is 5.56. The second kappa shape index (κ2) is 14.4. The van der Waals surface area contributed by atoms with E-state index in [-0.39, 0.29) is 17.2 Å². The van der Waals surface area contributed by atoms with Crippen molar-refractivity contribution in [3.63, 3.8) is 0 Å². The average molecular weight is 588 g/mol. The highest BCUT2D eigenvalue weighted by Gasteiger charge is 2.46. The molecule has 0 aliphatic carbocycles. The molecule has 10 heteroatoms. The Morgan fingerprint density at radius 1 is 1.07 bits per heavy atom. The minimum Gasteiger partial charge on any atom is -0.497 e. The molecule has 3 rings (SSSR count). The maximum absolute atomic E-state index is 14.2. The zero-order valence-corrected chi connectivity index (χ0v) is 26.7. The molecule has 0 bridgehead atoms. The monoisotopic (exact) mass is 587 g/mol. The molecule has 3 atom stereocenters. The van der Waals surface area contributed by atoms with Gasteiger partial charge in [-0.05, 0) is 67.9 Å². The lowest BCUT2D eigenvalue weighted by molar-refractivity contribution is -0.142. The smallest absolute Gasteiger partial charge is 0.326 e. The van der Waals surface area contributed by atoms with Gasteiger partial charge < -0.3 is 29.4 Å². The molecule has 2 N–H and O–H groups in total. The summed E-state index contributed by atoms with van der Waals surface area (Å²) in [6, 6.07) is 5.61. The third-order valence-electron chi connectivity index (χ3n) is 8.58. The minimum absolute atomic E-state index is 0.0310. The molecule has 41 heavy (non-hydrogen) atoms. The molecule has 1 fully saturated rings. The summed E-state index contributed by atoms with van der Waals surface area (Å²) >= 11 is 0. The van der Waals surface area contributed by atoms with Crippen LogP contribution in [0.4, 0.5) is 4.79 Å². The van der Waals surface area contributed by atoms with Gasteiger partial charge in [0, 0.05) is 26.1 Å². The van der Waals surface area contributed by atoms with Crippen molar-refractivity contribution in [3.05, 3.63) is 42.0 Å². The Kier molecular flexibility index (Phi) is 11.4. The highest BCUT2D eigenvalue weighted by Crippen LogP contribution is 2.39. The van der Waals surface area contributed by atoms with Crippen molar-refractivity contribution in [2.75, 3.05) is 20.2 Å². The number of hydrogen-bond acceptors (Lipinski definition) is 5. The molecule has 3 unspecified atom stereocenters. The summed E-state index contributed by atoms with van der Waals surface area (Å²) in [6.07, 6.45) is 8.70. The molecular weight excluding hydrogens is 538 g/mol. The number of aliphatic carboxylic acids is 1. The number of nitrogens with one attached hydrogen (secondary N) is 1. The third kappa shape index (κ3) is 9.07. The second-order valence-corrected chi connectivity index (χ2v) is 17.5. The van der Waals surface area contributed by atoms with Gasteiger partial charge in [-0.15, -0.1) is 0 Å². The van der Waals surface area contributed by atoms with Crippen LogP contribution < -0.4 is 10.1 Å². The molecule has 0 spiro atoms. The number of nitrogens with zero attached hydrogens (tertiary/aromatic N) is 2. The molecule has 1 aromatic rings. The third-order valence-corrected chi connectivity index (χ3v) is 13.1. The molecule has 1 saturated heterocycles. The van der Waals surface area contributed by atoms with E-state index in [9.17, 15) is 19.5 Å². The molecule has 2 aliphatic rings.